The van der Waals surface area contributed by atoms with Gasteiger partial charge in [-0.15, -0.1) is 0 Å². The number of rotatable bonds is 3. The van der Waals surface area contributed by atoms with Crippen molar-refractivity contribution in [3.05, 3.63) is 34.6 Å². The number of nitrogens with two attached hydrogens (primary N) is 1. The maximum atomic E-state index is 13.2. The first-order valence-corrected chi connectivity index (χ1v) is 5.74. The van der Waals surface area contributed by atoms with Crippen LogP contribution >= 0.6 is 11.6 Å². The predicted octanol–water partition coefficient (Wildman–Crippen LogP) is 3.03. The zero-order chi connectivity index (χ0) is 11.9. The van der Waals surface area contributed by atoms with Crippen LogP contribution in [0.3, 0.4) is 0 Å². The number of hydrazine groups is 1. The minimum atomic E-state index is -0.280. The molecule has 0 heterocycles. The number of halogens is 2. The molecule has 2 rings (SSSR count). The molecule has 0 saturated heterocycles. The van der Waals surface area contributed by atoms with E-state index in [2.05, 4.69) is 19.3 Å². The highest BCUT2D eigenvalue weighted by molar-refractivity contribution is 6.31. The lowest BCUT2D eigenvalue weighted by molar-refractivity contribution is 0.421. The first-order chi connectivity index (χ1) is 7.45. The zero-order valence-corrected chi connectivity index (χ0v) is 10.2. The molecule has 1 aromatic rings. The molecule has 4 heteroatoms. The van der Waals surface area contributed by atoms with Gasteiger partial charge in [0.05, 0.1) is 6.04 Å². The molecule has 88 valence electrons. The second-order valence-electron chi connectivity index (χ2n) is 5.11. The molecule has 0 spiro atoms. The van der Waals surface area contributed by atoms with Crippen LogP contribution < -0.4 is 11.3 Å². The van der Waals surface area contributed by atoms with Crippen LogP contribution in [0.4, 0.5) is 4.39 Å². The summed E-state index contributed by atoms with van der Waals surface area (Å²) in [5, 5.41) is 0.562. The smallest absolute Gasteiger partial charge is 0.123 e. The summed E-state index contributed by atoms with van der Waals surface area (Å²) in [7, 11) is 0. The second kappa shape index (κ2) is 3.99. The topological polar surface area (TPSA) is 38.0 Å². The van der Waals surface area contributed by atoms with Gasteiger partial charge in [-0.25, -0.2) is 4.39 Å². The van der Waals surface area contributed by atoms with Gasteiger partial charge in [0.2, 0.25) is 0 Å². The Morgan fingerprint density at radius 2 is 2.19 bits per heavy atom. The van der Waals surface area contributed by atoms with E-state index in [1.54, 1.807) is 6.07 Å². The SMILES string of the molecule is CC1(C)CC1C(NN)c1cc(F)ccc1Cl. The Morgan fingerprint density at radius 3 is 2.69 bits per heavy atom. The molecule has 0 amide bonds. The highest BCUT2D eigenvalue weighted by Crippen LogP contribution is 2.58. The Hall–Kier alpha value is -0.640. The lowest BCUT2D eigenvalue weighted by Gasteiger charge is -2.19. The lowest BCUT2D eigenvalue weighted by Crippen LogP contribution is -2.31. The first-order valence-electron chi connectivity index (χ1n) is 5.37. The van der Waals surface area contributed by atoms with E-state index in [9.17, 15) is 4.39 Å². The van der Waals surface area contributed by atoms with Gasteiger partial charge in [-0.2, -0.15) is 0 Å². The van der Waals surface area contributed by atoms with Crippen molar-refractivity contribution in [2.24, 2.45) is 17.2 Å². The zero-order valence-electron chi connectivity index (χ0n) is 9.43. The molecule has 1 aromatic carbocycles. The molecule has 0 radical (unpaired) electrons. The van der Waals surface area contributed by atoms with E-state index in [-0.39, 0.29) is 17.3 Å². The second-order valence-corrected chi connectivity index (χ2v) is 5.52. The van der Waals surface area contributed by atoms with Crippen molar-refractivity contribution in [1.29, 1.82) is 0 Å². The van der Waals surface area contributed by atoms with Crippen LogP contribution in [0.2, 0.25) is 5.02 Å². The Labute approximate surface area is 99.9 Å². The molecule has 0 aliphatic heterocycles. The van der Waals surface area contributed by atoms with Gasteiger partial charge in [0.25, 0.3) is 0 Å². The summed E-state index contributed by atoms with van der Waals surface area (Å²) >= 11 is 6.07. The molecule has 1 fully saturated rings. The van der Waals surface area contributed by atoms with Crippen molar-refractivity contribution in [2.45, 2.75) is 26.3 Å². The van der Waals surface area contributed by atoms with Crippen LogP contribution in [0.5, 0.6) is 0 Å². The van der Waals surface area contributed by atoms with Crippen molar-refractivity contribution in [3.8, 4) is 0 Å². The summed E-state index contributed by atoms with van der Waals surface area (Å²) in [6.07, 6.45) is 1.08. The normalized spacial score (nSPS) is 24.2. The number of nitrogens with one attached hydrogen (secondary N) is 1. The molecule has 2 nitrogen and oxygen atoms in total. The summed E-state index contributed by atoms with van der Waals surface area (Å²) in [5.74, 6) is 5.69. The average molecular weight is 243 g/mol. The molecule has 1 saturated carbocycles. The van der Waals surface area contributed by atoms with Crippen LogP contribution in [0, 0.1) is 17.2 Å². The van der Waals surface area contributed by atoms with Gasteiger partial charge in [0.1, 0.15) is 5.82 Å². The molecule has 2 unspecified atom stereocenters. The van der Waals surface area contributed by atoms with Crippen molar-refractivity contribution < 1.29 is 4.39 Å². The third kappa shape index (κ3) is 2.08. The van der Waals surface area contributed by atoms with E-state index < -0.39 is 0 Å². The molecule has 1 aliphatic carbocycles. The molecule has 0 bridgehead atoms. The fraction of sp³-hybridized carbons (Fsp3) is 0.500. The highest BCUT2D eigenvalue weighted by Gasteiger charge is 2.50. The number of hydrogen-bond acceptors (Lipinski definition) is 2. The summed E-state index contributed by atoms with van der Waals surface area (Å²) in [6, 6.07) is 4.32. The quantitative estimate of drug-likeness (QED) is 0.632. The molecule has 16 heavy (non-hydrogen) atoms. The van der Waals surface area contributed by atoms with E-state index >= 15 is 0 Å². The predicted molar refractivity (Wildman–Crippen MR) is 63.4 cm³/mol. The Morgan fingerprint density at radius 1 is 1.56 bits per heavy atom. The van der Waals surface area contributed by atoms with E-state index in [1.807, 2.05) is 0 Å². The maximum absolute atomic E-state index is 13.2. The Bertz CT molecular complexity index is 406. The van der Waals surface area contributed by atoms with Gasteiger partial charge in [-0.05, 0) is 41.5 Å². The van der Waals surface area contributed by atoms with Crippen LogP contribution in [-0.2, 0) is 0 Å². The number of hydrogen-bond donors (Lipinski definition) is 2. The minimum absolute atomic E-state index is 0.0711. The maximum Gasteiger partial charge on any atom is 0.123 e. The number of benzene rings is 1. The fourth-order valence-electron chi connectivity index (χ4n) is 2.25. The molecular formula is C12H16ClFN2. The van der Waals surface area contributed by atoms with Gasteiger partial charge in [-0.3, -0.25) is 11.3 Å². The minimum Gasteiger partial charge on any atom is -0.271 e. The third-order valence-electron chi connectivity index (χ3n) is 3.46. The first kappa shape index (κ1) is 11.8. The molecule has 3 N–H and O–H groups in total. The molecule has 2 atom stereocenters. The van der Waals surface area contributed by atoms with E-state index in [1.165, 1.54) is 12.1 Å². The molecule has 1 aliphatic rings. The summed E-state index contributed by atoms with van der Waals surface area (Å²) < 4.78 is 13.2. The fourth-order valence-corrected chi connectivity index (χ4v) is 2.49. The summed E-state index contributed by atoms with van der Waals surface area (Å²) in [4.78, 5) is 0. The Balaban J connectivity index is 2.30. The van der Waals surface area contributed by atoms with Gasteiger partial charge in [-0.1, -0.05) is 25.4 Å². The highest BCUT2D eigenvalue weighted by atomic mass is 35.5. The van der Waals surface area contributed by atoms with Crippen molar-refractivity contribution in [3.63, 3.8) is 0 Å². The lowest BCUT2D eigenvalue weighted by atomic mass is 9.97. The van der Waals surface area contributed by atoms with E-state index in [4.69, 9.17) is 17.4 Å². The van der Waals surface area contributed by atoms with Crippen LogP contribution in [0.1, 0.15) is 31.9 Å². The van der Waals surface area contributed by atoms with Crippen LogP contribution in [0.25, 0.3) is 0 Å². The summed E-state index contributed by atoms with van der Waals surface area (Å²) in [5.41, 5.74) is 3.76. The average Bonchev–Trinajstić information content (AvgIpc) is 2.82. The van der Waals surface area contributed by atoms with Gasteiger partial charge in [0.15, 0.2) is 0 Å². The summed E-state index contributed by atoms with van der Waals surface area (Å²) in [6.45, 7) is 4.35. The molecule has 0 aromatic heterocycles. The van der Waals surface area contributed by atoms with Crippen LogP contribution in [0.15, 0.2) is 18.2 Å². The Kier molecular flexibility index (Phi) is 2.95. The largest absolute Gasteiger partial charge is 0.271 e. The van der Waals surface area contributed by atoms with Gasteiger partial charge < -0.3 is 0 Å². The standard InChI is InChI=1S/C12H16ClFN2/c1-12(2)6-9(12)11(16-15)8-5-7(14)3-4-10(8)13/h3-5,9,11,16H,6,15H2,1-2H3. The van der Waals surface area contributed by atoms with E-state index in [0.29, 0.717) is 10.9 Å². The third-order valence-corrected chi connectivity index (χ3v) is 3.81. The van der Waals surface area contributed by atoms with Gasteiger partial charge in [0, 0.05) is 5.02 Å². The van der Waals surface area contributed by atoms with Crippen molar-refractivity contribution in [2.75, 3.05) is 0 Å². The molecular weight excluding hydrogens is 227 g/mol. The van der Waals surface area contributed by atoms with Crippen LogP contribution in [-0.4, -0.2) is 0 Å². The van der Waals surface area contributed by atoms with Gasteiger partial charge >= 0.3 is 0 Å². The monoisotopic (exact) mass is 242 g/mol. The van der Waals surface area contributed by atoms with E-state index in [0.717, 1.165) is 12.0 Å². The van der Waals surface area contributed by atoms with Crippen molar-refractivity contribution >= 4 is 11.6 Å². The van der Waals surface area contributed by atoms with Crippen molar-refractivity contribution in [1.82, 2.24) is 5.43 Å².